The third-order valence-corrected chi connectivity index (χ3v) is 8.63. The smallest absolute Gasteiger partial charge is 0.303 e. The molecule has 198 valence electrons. The number of aromatic nitrogens is 1. The Bertz CT molecular complexity index is 1660. The summed E-state index contributed by atoms with van der Waals surface area (Å²) in [5.74, 6) is -1.40. The summed E-state index contributed by atoms with van der Waals surface area (Å²) in [5, 5.41) is 3.29. The molecule has 4 aromatic rings. The standard InChI is InChI=1S/C27H24Cl2N2O6S/c1-15(32)36-14-22(33)30-24-20-13-19(16-9-11-17(28)12-10-16)23(18-7-5-6-8-21(18)29)31-25(20)37-26(24)38(34,35)27(2,3)4/h5-13H,14H2,1-4H3,(H,30,33). The summed E-state index contributed by atoms with van der Waals surface area (Å²) in [6.07, 6.45) is 0. The monoisotopic (exact) mass is 574 g/mol. The van der Waals surface area contributed by atoms with Crippen LogP contribution in [-0.2, 0) is 24.2 Å². The quantitative estimate of drug-likeness (QED) is 0.260. The molecule has 2 heterocycles. The molecule has 1 N–H and O–H groups in total. The van der Waals surface area contributed by atoms with Crippen LogP contribution in [0.5, 0.6) is 0 Å². The molecule has 0 aliphatic rings. The van der Waals surface area contributed by atoms with E-state index >= 15 is 0 Å². The van der Waals surface area contributed by atoms with Crippen LogP contribution in [0.2, 0.25) is 10.0 Å². The summed E-state index contributed by atoms with van der Waals surface area (Å²) in [7, 11) is -4.09. The zero-order chi connectivity index (χ0) is 27.8. The minimum Gasteiger partial charge on any atom is -0.456 e. The van der Waals surface area contributed by atoms with E-state index in [0.29, 0.717) is 26.9 Å². The summed E-state index contributed by atoms with van der Waals surface area (Å²) in [5.41, 5.74) is 2.23. The topological polar surface area (TPSA) is 116 Å². The second-order valence-corrected chi connectivity index (χ2v) is 12.9. The fourth-order valence-corrected chi connectivity index (χ4v) is 5.16. The van der Waals surface area contributed by atoms with Crippen LogP contribution < -0.4 is 5.32 Å². The van der Waals surface area contributed by atoms with Crippen LogP contribution in [0, 0.1) is 0 Å². The molecule has 0 saturated carbocycles. The van der Waals surface area contributed by atoms with Gasteiger partial charge in [0, 0.05) is 28.1 Å². The van der Waals surface area contributed by atoms with Crippen molar-refractivity contribution in [2.45, 2.75) is 37.5 Å². The highest BCUT2D eigenvalue weighted by Crippen LogP contribution is 2.43. The van der Waals surface area contributed by atoms with Gasteiger partial charge in [-0.25, -0.2) is 13.4 Å². The molecule has 4 rings (SSSR count). The van der Waals surface area contributed by atoms with E-state index in [1.165, 1.54) is 20.8 Å². The lowest BCUT2D eigenvalue weighted by atomic mass is 9.98. The van der Waals surface area contributed by atoms with Crippen LogP contribution in [0.1, 0.15) is 27.7 Å². The predicted molar refractivity (Wildman–Crippen MR) is 147 cm³/mol. The van der Waals surface area contributed by atoms with Crippen molar-refractivity contribution in [3.8, 4) is 22.4 Å². The molecular formula is C27H24Cl2N2O6S. The zero-order valence-corrected chi connectivity index (χ0v) is 23.3. The van der Waals surface area contributed by atoms with Gasteiger partial charge >= 0.3 is 5.97 Å². The van der Waals surface area contributed by atoms with E-state index in [1.807, 2.05) is 0 Å². The Morgan fingerprint density at radius 2 is 1.68 bits per heavy atom. The normalized spacial score (nSPS) is 11.9. The molecule has 8 nitrogen and oxygen atoms in total. The fourth-order valence-electron chi connectivity index (χ4n) is 3.64. The van der Waals surface area contributed by atoms with Crippen molar-refractivity contribution in [3.63, 3.8) is 0 Å². The highest BCUT2D eigenvalue weighted by atomic mass is 35.5. The molecule has 0 fully saturated rings. The first kappa shape index (κ1) is 27.6. The average Bonchev–Trinajstić information content (AvgIpc) is 3.20. The summed E-state index contributed by atoms with van der Waals surface area (Å²) in [4.78, 5) is 28.5. The van der Waals surface area contributed by atoms with Gasteiger partial charge in [0.05, 0.1) is 15.8 Å². The van der Waals surface area contributed by atoms with E-state index in [1.54, 1.807) is 54.6 Å². The minimum atomic E-state index is -4.09. The van der Waals surface area contributed by atoms with Crippen molar-refractivity contribution < 1.29 is 27.2 Å². The van der Waals surface area contributed by atoms with Gasteiger partial charge in [0.25, 0.3) is 5.91 Å². The molecule has 2 aromatic heterocycles. The van der Waals surface area contributed by atoms with Gasteiger partial charge in [0.1, 0.15) is 5.69 Å². The van der Waals surface area contributed by atoms with Gasteiger partial charge in [-0.05, 0) is 50.6 Å². The van der Waals surface area contributed by atoms with E-state index in [2.05, 4.69) is 10.3 Å². The number of halogens is 2. The number of rotatable bonds is 6. The van der Waals surface area contributed by atoms with Gasteiger partial charge < -0.3 is 14.5 Å². The molecule has 0 saturated heterocycles. The summed E-state index contributed by atoms with van der Waals surface area (Å²) in [6.45, 7) is 5.10. The molecule has 0 aliphatic carbocycles. The van der Waals surface area contributed by atoms with E-state index in [0.717, 1.165) is 12.5 Å². The molecule has 11 heteroatoms. The molecule has 1 amide bonds. The van der Waals surface area contributed by atoms with Gasteiger partial charge in [-0.1, -0.05) is 53.5 Å². The molecule has 0 bridgehead atoms. The number of benzene rings is 2. The second-order valence-electron chi connectivity index (χ2n) is 9.43. The number of esters is 1. The Kier molecular flexibility index (Phi) is 7.56. The first-order chi connectivity index (χ1) is 17.8. The maximum atomic E-state index is 13.5. The molecule has 0 atom stereocenters. The number of amides is 1. The number of sulfone groups is 1. The average molecular weight is 575 g/mol. The van der Waals surface area contributed by atoms with Crippen molar-refractivity contribution in [2.75, 3.05) is 11.9 Å². The summed E-state index contributed by atoms with van der Waals surface area (Å²) >= 11 is 12.6. The Labute approximate surface area is 229 Å². The number of nitrogens with zero attached hydrogens (tertiary/aromatic N) is 1. The zero-order valence-electron chi connectivity index (χ0n) is 21.0. The van der Waals surface area contributed by atoms with E-state index < -0.39 is 38.2 Å². The number of carbonyl (C=O) groups excluding carboxylic acids is 2. The third kappa shape index (κ3) is 5.41. The fraction of sp³-hybridized carbons (Fsp3) is 0.222. The Hall–Kier alpha value is -3.40. The highest BCUT2D eigenvalue weighted by molar-refractivity contribution is 7.92. The van der Waals surface area contributed by atoms with E-state index in [4.69, 9.17) is 32.4 Å². The Morgan fingerprint density at radius 1 is 1.03 bits per heavy atom. The molecule has 38 heavy (non-hydrogen) atoms. The van der Waals surface area contributed by atoms with Crippen LogP contribution in [0.15, 0.2) is 64.1 Å². The third-order valence-electron chi connectivity index (χ3n) is 5.66. The van der Waals surface area contributed by atoms with Gasteiger partial charge in [-0.2, -0.15) is 0 Å². The maximum Gasteiger partial charge on any atom is 0.303 e. The van der Waals surface area contributed by atoms with Crippen LogP contribution in [-0.4, -0.2) is 36.6 Å². The van der Waals surface area contributed by atoms with Crippen molar-refractivity contribution in [2.24, 2.45) is 0 Å². The lowest BCUT2D eigenvalue weighted by Gasteiger charge is -2.18. The largest absolute Gasteiger partial charge is 0.456 e. The van der Waals surface area contributed by atoms with Crippen molar-refractivity contribution >= 4 is 61.7 Å². The Morgan fingerprint density at radius 3 is 2.29 bits per heavy atom. The molecule has 2 aromatic carbocycles. The van der Waals surface area contributed by atoms with Gasteiger partial charge in [-0.15, -0.1) is 0 Å². The molecule has 0 radical (unpaired) electrons. The second kappa shape index (κ2) is 10.4. The number of nitrogens with one attached hydrogen (secondary N) is 1. The number of fused-ring (bicyclic) bond motifs is 1. The summed E-state index contributed by atoms with van der Waals surface area (Å²) in [6, 6.07) is 15.8. The van der Waals surface area contributed by atoms with Crippen molar-refractivity contribution in [1.29, 1.82) is 0 Å². The number of hydrogen-bond donors (Lipinski definition) is 1. The van der Waals surface area contributed by atoms with Crippen LogP contribution in [0.4, 0.5) is 5.69 Å². The molecule has 0 spiro atoms. The number of anilines is 1. The van der Waals surface area contributed by atoms with E-state index in [9.17, 15) is 18.0 Å². The summed E-state index contributed by atoms with van der Waals surface area (Å²) < 4.78 is 36.4. The molecule has 0 unspecified atom stereocenters. The predicted octanol–water partition coefficient (Wildman–Crippen LogP) is 6.54. The van der Waals surface area contributed by atoms with Gasteiger partial charge in [0.2, 0.25) is 20.6 Å². The van der Waals surface area contributed by atoms with Crippen LogP contribution >= 0.6 is 23.2 Å². The van der Waals surface area contributed by atoms with Gasteiger partial charge in [0.15, 0.2) is 6.61 Å². The lowest BCUT2D eigenvalue weighted by Crippen LogP contribution is -2.29. The minimum absolute atomic E-state index is 0.0248. The maximum absolute atomic E-state index is 13.5. The van der Waals surface area contributed by atoms with Gasteiger partial charge in [-0.3, -0.25) is 9.59 Å². The molecule has 0 aliphatic heterocycles. The van der Waals surface area contributed by atoms with E-state index in [-0.39, 0.29) is 16.8 Å². The first-order valence-corrected chi connectivity index (χ1v) is 13.7. The number of ether oxygens (including phenoxy) is 1. The number of furan rings is 1. The Balaban J connectivity index is 2.04. The number of carbonyl (C=O) groups is 2. The highest BCUT2D eigenvalue weighted by Gasteiger charge is 2.38. The molecular weight excluding hydrogens is 551 g/mol. The number of pyridine rings is 1. The SMILES string of the molecule is CC(=O)OCC(=O)Nc1c(S(=O)(=O)C(C)(C)C)oc2nc(-c3ccccc3Cl)c(-c3ccc(Cl)cc3)cc12. The van der Waals surface area contributed by atoms with Crippen LogP contribution in [0.25, 0.3) is 33.5 Å². The number of hydrogen-bond acceptors (Lipinski definition) is 7. The first-order valence-electron chi connectivity index (χ1n) is 11.5. The lowest BCUT2D eigenvalue weighted by molar-refractivity contribution is -0.144. The van der Waals surface area contributed by atoms with Crippen molar-refractivity contribution in [1.82, 2.24) is 4.98 Å². The van der Waals surface area contributed by atoms with Crippen molar-refractivity contribution in [3.05, 3.63) is 64.6 Å². The van der Waals surface area contributed by atoms with Crippen LogP contribution in [0.3, 0.4) is 0 Å².